The topological polar surface area (TPSA) is 88.3 Å². The predicted molar refractivity (Wildman–Crippen MR) is 118 cm³/mol. The van der Waals surface area contributed by atoms with E-state index < -0.39 is 11.7 Å². The summed E-state index contributed by atoms with van der Waals surface area (Å²) in [4.78, 5) is 27.5. The molecule has 1 fully saturated rings. The van der Waals surface area contributed by atoms with Gasteiger partial charge in [-0.15, -0.1) is 5.10 Å². The summed E-state index contributed by atoms with van der Waals surface area (Å²) in [6.45, 7) is 4.97. The van der Waals surface area contributed by atoms with E-state index in [1.54, 1.807) is 4.52 Å². The molecule has 12 heteroatoms. The Morgan fingerprint density at radius 3 is 2.55 bits per heavy atom. The molecular formula is C21H24F3N7OS. The first-order valence-electron chi connectivity index (χ1n) is 10.5. The fourth-order valence-corrected chi connectivity index (χ4v) is 4.30. The Kier molecular flexibility index (Phi) is 6.46. The first kappa shape index (κ1) is 23.3. The summed E-state index contributed by atoms with van der Waals surface area (Å²) >= 11 is 1.43. The fourth-order valence-electron chi connectivity index (χ4n) is 3.97. The van der Waals surface area contributed by atoms with E-state index in [0.29, 0.717) is 42.7 Å². The van der Waals surface area contributed by atoms with Crippen LogP contribution in [0.15, 0.2) is 23.5 Å². The lowest BCUT2D eigenvalue weighted by molar-refractivity contribution is -0.137. The highest BCUT2D eigenvalue weighted by atomic mass is 32.2. The average Bonchev–Trinajstić information content (AvgIpc) is 3.20. The van der Waals surface area contributed by atoms with Crippen molar-refractivity contribution >= 4 is 29.3 Å². The second-order valence-electron chi connectivity index (χ2n) is 7.98. The molecule has 1 amide bonds. The number of alkyl halides is 3. The number of hydrogen-bond donors (Lipinski definition) is 1. The third kappa shape index (κ3) is 5.05. The van der Waals surface area contributed by atoms with Gasteiger partial charge in [0.05, 0.1) is 12.0 Å². The van der Waals surface area contributed by atoms with Crippen molar-refractivity contribution in [2.45, 2.75) is 50.5 Å². The van der Waals surface area contributed by atoms with Crippen molar-refractivity contribution in [1.82, 2.24) is 29.9 Å². The van der Waals surface area contributed by atoms with Crippen LogP contribution in [-0.2, 0) is 17.4 Å². The van der Waals surface area contributed by atoms with Gasteiger partial charge >= 0.3 is 6.18 Å². The van der Waals surface area contributed by atoms with Crippen LogP contribution in [0, 0.1) is 13.8 Å². The smallest absolute Gasteiger partial charge is 0.356 e. The summed E-state index contributed by atoms with van der Waals surface area (Å²) in [6, 6.07) is 2.43. The molecule has 1 N–H and O–H groups in total. The van der Waals surface area contributed by atoms with Gasteiger partial charge in [-0.25, -0.2) is 14.5 Å². The maximum atomic E-state index is 12.7. The van der Waals surface area contributed by atoms with Gasteiger partial charge in [0, 0.05) is 42.3 Å². The number of nitrogens with zero attached hydrogens (tertiary/aromatic N) is 6. The van der Waals surface area contributed by atoms with E-state index in [0.717, 1.165) is 29.2 Å². The monoisotopic (exact) mass is 479 g/mol. The number of aryl methyl sites for hydroxylation is 2. The van der Waals surface area contributed by atoms with Crippen molar-refractivity contribution in [1.29, 1.82) is 0 Å². The van der Waals surface area contributed by atoms with Crippen LogP contribution in [0.5, 0.6) is 0 Å². The van der Waals surface area contributed by atoms with Gasteiger partial charge in [-0.3, -0.25) is 4.79 Å². The van der Waals surface area contributed by atoms with Crippen molar-refractivity contribution in [3.63, 3.8) is 0 Å². The molecule has 0 atom stereocenters. The predicted octanol–water partition coefficient (Wildman–Crippen LogP) is 3.20. The quantitative estimate of drug-likeness (QED) is 0.562. The van der Waals surface area contributed by atoms with Gasteiger partial charge in [0.15, 0.2) is 0 Å². The average molecular weight is 480 g/mol. The van der Waals surface area contributed by atoms with Crippen LogP contribution in [-0.4, -0.2) is 55.9 Å². The second kappa shape index (κ2) is 9.16. The maximum Gasteiger partial charge on any atom is 0.417 e. The van der Waals surface area contributed by atoms with Gasteiger partial charge in [-0.1, -0.05) is 11.8 Å². The number of aromatic nitrogens is 5. The molecule has 0 spiro atoms. The van der Waals surface area contributed by atoms with Crippen molar-refractivity contribution < 1.29 is 18.0 Å². The van der Waals surface area contributed by atoms with E-state index in [-0.39, 0.29) is 18.4 Å². The number of hydrogen-bond acceptors (Lipinski definition) is 7. The number of carbonyl (C=O) groups is 1. The molecule has 0 radical (unpaired) electrons. The molecule has 0 saturated carbocycles. The van der Waals surface area contributed by atoms with Crippen molar-refractivity contribution in [3.05, 3.63) is 40.8 Å². The highest BCUT2D eigenvalue weighted by molar-refractivity contribution is 7.98. The second-order valence-corrected chi connectivity index (χ2v) is 8.75. The van der Waals surface area contributed by atoms with Crippen LogP contribution in [0.1, 0.15) is 35.4 Å². The highest BCUT2D eigenvalue weighted by Gasteiger charge is 2.31. The Balaban J connectivity index is 1.35. The van der Waals surface area contributed by atoms with Gasteiger partial charge in [-0.05, 0) is 45.1 Å². The van der Waals surface area contributed by atoms with Crippen LogP contribution in [0.4, 0.5) is 19.0 Å². The Bertz CT molecular complexity index is 1160. The van der Waals surface area contributed by atoms with E-state index in [1.807, 2.05) is 25.0 Å². The summed E-state index contributed by atoms with van der Waals surface area (Å²) in [5, 5.41) is 8.11. The summed E-state index contributed by atoms with van der Waals surface area (Å²) in [7, 11) is 0. The number of piperidine rings is 1. The van der Waals surface area contributed by atoms with Crippen LogP contribution in [0.25, 0.3) is 5.78 Å². The molecule has 0 unspecified atom stereocenters. The summed E-state index contributed by atoms with van der Waals surface area (Å²) < 4.78 is 39.8. The van der Waals surface area contributed by atoms with Crippen molar-refractivity contribution in [3.8, 4) is 0 Å². The third-order valence-corrected chi connectivity index (χ3v) is 6.35. The summed E-state index contributed by atoms with van der Waals surface area (Å²) in [5.41, 5.74) is 1.65. The lowest BCUT2D eigenvalue weighted by Crippen LogP contribution is -2.45. The molecular weight excluding hydrogens is 455 g/mol. The molecule has 3 aromatic rings. The Morgan fingerprint density at radius 1 is 1.21 bits per heavy atom. The van der Waals surface area contributed by atoms with Crippen LogP contribution < -0.4 is 10.2 Å². The zero-order valence-corrected chi connectivity index (χ0v) is 19.3. The van der Waals surface area contributed by atoms with Gasteiger partial charge in [0.25, 0.3) is 5.78 Å². The molecule has 4 heterocycles. The molecule has 176 valence electrons. The highest BCUT2D eigenvalue weighted by Crippen LogP contribution is 2.30. The summed E-state index contributed by atoms with van der Waals surface area (Å²) in [6.07, 6.45) is -0.0889. The number of nitrogens with one attached hydrogen (secondary N) is 1. The number of pyridine rings is 1. The van der Waals surface area contributed by atoms with Crippen LogP contribution in [0.2, 0.25) is 0 Å². The lowest BCUT2D eigenvalue weighted by Gasteiger charge is -2.33. The first-order valence-corrected chi connectivity index (χ1v) is 11.7. The third-order valence-electron chi connectivity index (χ3n) is 5.81. The number of halogens is 3. The standard InChI is InChI=1S/C21H24F3N7OS/c1-12-16(13(2)31-19(26-12)28-20(29-31)33-3)10-18(32)27-15-6-8-30(9-7-15)17-5-4-14(11-25-17)21(22,23)24/h4-5,11,15H,6-10H2,1-3H3,(H,27,32). The SMILES string of the molecule is CSc1nc2nc(C)c(CC(=O)NC3CCN(c4ccc(C(F)(F)F)cn4)CC3)c(C)n2n1. The molecule has 8 nitrogen and oxygen atoms in total. The minimum absolute atomic E-state index is 0.00466. The van der Waals surface area contributed by atoms with E-state index in [1.165, 1.54) is 17.8 Å². The van der Waals surface area contributed by atoms with Gasteiger partial charge in [-0.2, -0.15) is 18.2 Å². The molecule has 0 aromatic carbocycles. The Hall–Kier alpha value is -2.89. The molecule has 33 heavy (non-hydrogen) atoms. The molecule has 4 rings (SSSR count). The molecule has 3 aromatic heterocycles. The zero-order chi connectivity index (χ0) is 23.8. The number of fused-ring (bicyclic) bond motifs is 1. The molecule has 0 bridgehead atoms. The van der Waals surface area contributed by atoms with E-state index in [4.69, 9.17) is 0 Å². The molecule has 1 aliphatic heterocycles. The van der Waals surface area contributed by atoms with Crippen molar-refractivity contribution in [2.24, 2.45) is 0 Å². The molecule has 1 aliphatic rings. The normalized spacial score (nSPS) is 15.3. The molecule has 1 saturated heterocycles. The van der Waals surface area contributed by atoms with E-state index in [2.05, 4.69) is 25.4 Å². The number of amides is 1. The fraction of sp³-hybridized carbons (Fsp3) is 0.476. The van der Waals surface area contributed by atoms with E-state index >= 15 is 0 Å². The maximum absolute atomic E-state index is 12.7. The summed E-state index contributed by atoms with van der Waals surface area (Å²) in [5.74, 6) is 0.928. The largest absolute Gasteiger partial charge is 0.417 e. The Labute approximate surface area is 193 Å². The Morgan fingerprint density at radius 2 is 1.94 bits per heavy atom. The minimum atomic E-state index is -4.40. The number of anilines is 1. The number of thioether (sulfide) groups is 1. The van der Waals surface area contributed by atoms with Crippen molar-refractivity contribution in [2.75, 3.05) is 24.2 Å². The van der Waals surface area contributed by atoms with Crippen LogP contribution in [0.3, 0.4) is 0 Å². The van der Waals surface area contributed by atoms with Gasteiger partial charge < -0.3 is 10.2 Å². The van der Waals surface area contributed by atoms with Gasteiger partial charge in [0.1, 0.15) is 5.82 Å². The van der Waals surface area contributed by atoms with Gasteiger partial charge in [0.2, 0.25) is 11.1 Å². The first-order chi connectivity index (χ1) is 15.7. The van der Waals surface area contributed by atoms with Crippen LogP contribution >= 0.6 is 11.8 Å². The number of carbonyl (C=O) groups excluding carboxylic acids is 1. The lowest BCUT2D eigenvalue weighted by atomic mass is 10.0. The zero-order valence-electron chi connectivity index (χ0n) is 18.5. The van der Waals surface area contributed by atoms with E-state index in [9.17, 15) is 18.0 Å². The molecule has 0 aliphatic carbocycles. The minimum Gasteiger partial charge on any atom is -0.356 e. The number of rotatable bonds is 5.